The van der Waals surface area contributed by atoms with Gasteiger partial charge in [-0.15, -0.1) is 5.10 Å². The third kappa shape index (κ3) is 3.70. The van der Waals surface area contributed by atoms with Crippen molar-refractivity contribution in [2.75, 3.05) is 11.9 Å². The second-order valence-electron chi connectivity index (χ2n) is 7.24. The second kappa shape index (κ2) is 7.46. The number of nitrogens with zero attached hydrogens (tertiary/aromatic N) is 5. The molecule has 2 amide bonds. The summed E-state index contributed by atoms with van der Waals surface area (Å²) in [4.78, 5) is 26.7. The van der Waals surface area contributed by atoms with Crippen LogP contribution in [0.15, 0.2) is 24.3 Å². The summed E-state index contributed by atoms with van der Waals surface area (Å²) in [6.45, 7) is 2.64. The number of aromatic nitrogens is 4. The molecule has 1 aromatic heterocycles. The van der Waals surface area contributed by atoms with Crippen LogP contribution in [0, 0.1) is 0 Å². The first-order valence-electron chi connectivity index (χ1n) is 9.66. The van der Waals surface area contributed by atoms with E-state index in [1.54, 1.807) is 4.90 Å². The number of tetrazole rings is 1. The number of likely N-dealkylation sites (tertiary alicyclic amines) is 1. The van der Waals surface area contributed by atoms with Crippen molar-refractivity contribution in [1.82, 2.24) is 25.1 Å². The quantitative estimate of drug-likeness (QED) is 0.845. The summed E-state index contributed by atoms with van der Waals surface area (Å²) in [6, 6.07) is 7.54. The molecule has 142 valence electrons. The number of carbonyl (C=O) groups excluding carboxylic acids is 2. The maximum atomic E-state index is 12.8. The minimum Gasteiger partial charge on any atom is -0.331 e. The summed E-state index contributed by atoms with van der Waals surface area (Å²) >= 11 is 0. The van der Waals surface area contributed by atoms with Gasteiger partial charge in [0.1, 0.15) is 6.04 Å². The van der Waals surface area contributed by atoms with Gasteiger partial charge in [0.25, 0.3) is 0 Å². The van der Waals surface area contributed by atoms with Crippen molar-refractivity contribution in [2.45, 2.75) is 57.5 Å². The summed E-state index contributed by atoms with van der Waals surface area (Å²) in [7, 11) is 0. The monoisotopic (exact) mass is 368 g/mol. The molecule has 1 aromatic carbocycles. The topological polar surface area (TPSA) is 93.0 Å². The molecule has 1 atom stereocenters. The first-order valence-corrected chi connectivity index (χ1v) is 9.66. The van der Waals surface area contributed by atoms with E-state index >= 15 is 0 Å². The molecular formula is C19H24N6O2. The summed E-state index contributed by atoms with van der Waals surface area (Å²) in [5.41, 5.74) is 1.56. The van der Waals surface area contributed by atoms with E-state index in [9.17, 15) is 9.59 Å². The Morgan fingerprint density at radius 2 is 2.11 bits per heavy atom. The minimum absolute atomic E-state index is 0.0625. The van der Waals surface area contributed by atoms with Crippen LogP contribution in [0.5, 0.6) is 0 Å². The number of amides is 2. The van der Waals surface area contributed by atoms with E-state index in [1.165, 1.54) is 0 Å². The highest BCUT2D eigenvalue weighted by Gasteiger charge is 2.33. The summed E-state index contributed by atoms with van der Waals surface area (Å²) in [6.07, 6.45) is 5.05. The van der Waals surface area contributed by atoms with Crippen molar-refractivity contribution in [3.8, 4) is 11.4 Å². The zero-order valence-electron chi connectivity index (χ0n) is 15.5. The SMILES string of the molecule is CCCC(=O)N1CCCC1C(=O)Nc1cccc(-c2nnnn2C2CC2)c1. The standard InChI is InChI=1S/C19H24N6O2/c1-2-5-17(26)24-11-4-8-16(24)19(27)20-14-7-3-6-13(12-14)18-21-22-23-25(18)15-9-10-15/h3,6-7,12,15-16H,2,4-5,8-11H2,1H3,(H,20,27). The lowest BCUT2D eigenvalue weighted by Gasteiger charge is -2.24. The zero-order valence-corrected chi connectivity index (χ0v) is 15.5. The number of carbonyl (C=O) groups is 2. The van der Waals surface area contributed by atoms with E-state index in [1.807, 2.05) is 35.9 Å². The van der Waals surface area contributed by atoms with Crippen LogP contribution < -0.4 is 5.32 Å². The summed E-state index contributed by atoms with van der Waals surface area (Å²) in [5.74, 6) is 0.651. The number of hydrogen-bond acceptors (Lipinski definition) is 5. The first-order chi connectivity index (χ1) is 13.2. The highest BCUT2D eigenvalue weighted by molar-refractivity contribution is 5.97. The first kappa shape index (κ1) is 17.6. The zero-order chi connectivity index (χ0) is 18.8. The van der Waals surface area contributed by atoms with Gasteiger partial charge in [0.15, 0.2) is 5.82 Å². The van der Waals surface area contributed by atoms with Crippen molar-refractivity contribution >= 4 is 17.5 Å². The molecule has 1 aliphatic carbocycles. The molecule has 1 N–H and O–H groups in total. The van der Waals surface area contributed by atoms with Crippen LogP contribution in [0.1, 0.15) is 51.5 Å². The Balaban J connectivity index is 1.49. The van der Waals surface area contributed by atoms with Crippen LogP contribution in [0.2, 0.25) is 0 Å². The third-order valence-corrected chi connectivity index (χ3v) is 5.11. The fraction of sp³-hybridized carbons (Fsp3) is 0.526. The van der Waals surface area contributed by atoms with E-state index in [4.69, 9.17) is 0 Å². The normalized spacial score (nSPS) is 19.3. The van der Waals surface area contributed by atoms with Crippen molar-refractivity contribution in [3.05, 3.63) is 24.3 Å². The van der Waals surface area contributed by atoms with Crippen LogP contribution in [0.25, 0.3) is 11.4 Å². The Hall–Kier alpha value is -2.77. The van der Waals surface area contributed by atoms with Gasteiger partial charge in [-0.2, -0.15) is 0 Å². The van der Waals surface area contributed by atoms with Crippen LogP contribution >= 0.6 is 0 Å². The molecule has 1 aliphatic heterocycles. The molecule has 27 heavy (non-hydrogen) atoms. The van der Waals surface area contributed by atoms with Gasteiger partial charge in [-0.25, -0.2) is 4.68 Å². The number of benzene rings is 1. The Bertz CT molecular complexity index is 844. The molecular weight excluding hydrogens is 344 g/mol. The van der Waals surface area contributed by atoms with Crippen molar-refractivity contribution in [1.29, 1.82) is 0 Å². The average Bonchev–Trinajstić information content (AvgIpc) is 3.20. The van der Waals surface area contributed by atoms with E-state index in [0.29, 0.717) is 36.9 Å². The highest BCUT2D eigenvalue weighted by atomic mass is 16.2. The average molecular weight is 368 g/mol. The van der Waals surface area contributed by atoms with Crippen LogP contribution in [0.4, 0.5) is 5.69 Å². The van der Waals surface area contributed by atoms with Gasteiger partial charge in [-0.1, -0.05) is 19.1 Å². The van der Waals surface area contributed by atoms with Gasteiger partial charge >= 0.3 is 0 Å². The molecule has 2 aliphatic rings. The van der Waals surface area contributed by atoms with Gasteiger partial charge in [-0.05, 0) is 54.7 Å². The largest absolute Gasteiger partial charge is 0.331 e. The third-order valence-electron chi connectivity index (χ3n) is 5.11. The Morgan fingerprint density at radius 3 is 2.89 bits per heavy atom. The van der Waals surface area contributed by atoms with Gasteiger partial charge in [0.05, 0.1) is 6.04 Å². The van der Waals surface area contributed by atoms with Crippen LogP contribution in [-0.2, 0) is 9.59 Å². The molecule has 1 unspecified atom stereocenters. The summed E-state index contributed by atoms with van der Waals surface area (Å²) in [5, 5.41) is 15.0. The molecule has 1 saturated carbocycles. The Morgan fingerprint density at radius 1 is 1.26 bits per heavy atom. The van der Waals surface area contributed by atoms with Crippen LogP contribution in [0.3, 0.4) is 0 Å². The Labute approximate surface area is 157 Å². The minimum atomic E-state index is -0.385. The highest BCUT2D eigenvalue weighted by Crippen LogP contribution is 2.36. The fourth-order valence-electron chi connectivity index (χ4n) is 3.61. The number of anilines is 1. The predicted octanol–water partition coefficient (Wildman–Crippen LogP) is 2.40. The molecule has 0 radical (unpaired) electrons. The Kier molecular flexibility index (Phi) is 4.87. The molecule has 8 heteroatoms. The number of rotatable bonds is 6. The molecule has 8 nitrogen and oxygen atoms in total. The van der Waals surface area contributed by atoms with Gasteiger partial charge in [0.2, 0.25) is 11.8 Å². The maximum Gasteiger partial charge on any atom is 0.247 e. The van der Waals surface area contributed by atoms with Crippen LogP contribution in [-0.4, -0.2) is 49.5 Å². The lowest BCUT2D eigenvalue weighted by atomic mass is 10.1. The number of nitrogens with one attached hydrogen (secondary N) is 1. The molecule has 4 rings (SSSR count). The second-order valence-corrected chi connectivity index (χ2v) is 7.24. The van der Waals surface area contributed by atoms with Gasteiger partial charge in [-0.3, -0.25) is 9.59 Å². The number of hydrogen-bond donors (Lipinski definition) is 1. The maximum absolute atomic E-state index is 12.8. The molecule has 2 fully saturated rings. The predicted molar refractivity (Wildman–Crippen MR) is 99.8 cm³/mol. The summed E-state index contributed by atoms with van der Waals surface area (Å²) < 4.78 is 1.85. The van der Waals surface area contributed by atoms with Crippen molar-refractivity contribution in [2.24, 2.45) is 0 Å². The lowest BCUT2D eigenvalue weighted by Crippen LogP contribution is -2.43. The van der Waals surface area contributed by atoms with Crippen molar-refractivity contribution in [3.63, 3.8) is 0 Å². The molecule has 0 spiro atoms. The molecule has 2 heterocycles. The molecule has 1 saturated heterocycles. The van der Waals surface area contributed by atoms with Crippen molar-refractivity contribution < 1.29 is 9.59 Å². The van der Waals surface area contributed by atoms with E-state index in [0.717, 1.165) is 31.2 Å². The van der Waals surface area contributed by atoms with E-state index in [2.05, 4.69) is 20.8 Å². The lowest BCUT2D eigenvalue weighted by molar-refractivity contribution is -0.136. The molecule has 0 bridgehead atoms. The smallest absolute Gasteiger partial charge is 0.247 e. The molecule has 2 aromatic rings. The fourth-order valence-corrected chi connectivity index (χ4v) is 3.61. The van der Waals surface area contributed by atoms with E-state index < -0.39 is 0 Å². The van der Waals surface area contributed by atoms with E-state index in [-0.39, 0.29) is 17.9 Å². The van der Waals surface area contributed by atoms with Gasteiger partial charge in [0, 0.05) is 24.2 Å². The van der Waals surface area contributed by atoms with Gasteiger partial charge < -0.3 is 10.2 Å².